The summed E-state index contributed by atoms with van der Waals surface area (Å²) in [6.07, 6.45) is 2.96. The van der Waals surface area contributed by atoms with Crippen molar-refractivity contribution in [2.75, 3.05) is 0 Å². The van der Waals surface area contributed by atoms with Crippen LogP contribution in [0.3, 0.4) is 0 Å². The van der Waals surface area contributed by atoms with Crippen LogP contribution in [0.4, 0.5) is 0 Å². The molecule has 0 aliphatic carbocycles. The molecule has 1 aromatic carbocycles. The first kappa shape index (κ1) is 8.75. The van der Waals surface area contributed by atoms with E-state index in [0.717, 1.165) is 5.56 Å². The highest BCUT2D eigenvalue weighted by atomic mass is 16.3. The third-order valence-corrected chi connectivity index (χ3v) is 2.12. The number of rotatable bonds is 1. The van der Waals surface area contributed by atoms with Gasteiger partial charge in [0.05, 0.1) is 11.8 Å². The predicted octanol–water partition coefficient (Wildman–Crippen LogP) is 2.62. The van der Waals surface area contributed by atoms with Gasteiger partial charge in [0.2, 0.25) is 0 Å². The lowest BCUT2D eigenvalue weighted by Gasteiger charge is -1.99. The normalized spacial score (nSPS) is 10.1. The average molecular weight is 186 g/mol. The fourth-order valence-corrected chi connectivity index (χ4v) is 1.34. The highest BCUT2D eigenvalue weighted by molar-refractivity contribution is 5.62. The van der Waals surface area contributed by atoms with Crippen LogP contribution in [-0.2, 0) is 0 Å². The van der Waals surface area contributed by atoms with E-state index in [4.69, 9.17) is 4.42 Å². The predicted molar refractivity (Wildman–Crippen MR) is 55.2 cm³/mol. The number of hydrogen-bond acceptors (Lipinski definition) is 2. The maximum Gasteiger partial charge on any atom is 0.195 e. The van der Waals surface area contributed by atoms with Gasteiger partial charge in [-0.25, -0.2) is 0 Å². The molecule has 0 aliphatic rings. The molecule has 14 heavy (non-hydrogen) atoms. The Morgan fingerprint density at radius 2 is 1.79 bits per heavy atom. The molecule has 2 heteroatoms. The van der Waals surface area contributed by atoms with Crippen LogP contribution < -0.4 is 5.43 Å². The summed E-state index contributed by atoms with van der Waals surface area (Å²) in [4.78, 5) is 11.7. The molecule has 0 aliphatic heterocycles. The zero-order valence-electron chi connectivity index (χ0n) is 7.86. The molecular formula is C12H10O2. The fraction of sp³-hybridized carbons (Fsp3) is 0.0833. The molecule has 0 unspecified atom stereocenters. The molecule has 0 bridgehead atoms. The quantitative estimate of drug-likeness (QED) is 0.685. The Balaban J connectivity index is 2.64. The van der Waals surface area contributed by atoms with Crippen molar-refractivity contribution >= 4 is 0 Å². The van der Waals surface area contributed by atoms with Crippen molar-refractivity contribution in [1.82, 2.24) is 0 Å². The monoisotopic (exact) mass is 186 g/mol. The first-order chi connectivity index (χ1) is 6.79. The Labute approximate surface area is 81.8 Å². The second kappa shape index (κ2) is 3.50. The van der Waals surface area contributed by atoms with Gasteiger partial charge in [0.15, 0.2) is 5.43 Å². The van der Waals surface area contributed by atoms with E-state index in [9.17, 15) is 4.79 Å². The number of hydrogen-bond donors (Lipinski definition) is 0. The van der Waals surface area contributed by atoms with Gasteiger partial charge in [-0.15, -0.1) is 0 Å². The van der Waals surface area contributed by atoms with Crippen molar-refractivity contribution in [3.8, 4) is 11.1 Å². The van der Waals surface area contributed by atoms with Crippen molar-refractivity contribution in [2.45, 2.75) is 6.92 Å². The molecule has 0 saturated carbocycles. The molecule has 0 amide bonds. The lowest BCUT2D eigenvalue weighted by molar-refractivity contribution is 0.546. The molecule has 0 atom stereocenters. The van der Waals surface area contributed by atoms with Crippen LogP contribution in [0.5, 0.6) is 0 Å². The van der Waals surface area contributed by atoms with E-state index in [0.29, 0.717) is 11.1 Å². The Bertz CT molecular complexity index is 483. The maximum atomic E-state index is 11.7. The molecule has 0 radical (unpaired) electrons. The van der Waals surface area contributed by atoms with E-state index in [-0.39, 0.29) is 5.43 Å². The largest absolute Gasteiger partial charge is 0.471 e. The minimum atomic E-state index is 0.0300. The van der Waals surface area contributed by atoms with Crippen LogP contribution in [0.25, 0.3) is 11.1 Å². The van der Waals surface area contributed by atoms with E-state index in [1.165, 1.54) is 12.5 Å². The summed E-state index contributed by atoms with van der Waals surface area (Å²) < 4.78 is 5.07. The summed E-state index contributed by atoms with van der Waals surface area (Å²) in [6, 6.07) is 9.51. The summed E-state index contributed by atoms with van der Waals surface area (Å²) in [6.45, 7) is 1.75. The lowest BCUT2D eigenvalue weighted by Crippen LogP contribution is -2.06. The highest BCUT2D eigenvalue weighted by Gasteiger charge is 2.04. The van der Waals surface area contributed by atoms with Crippen molar-refractivity contribution in [1.29, 1.82) is 0 Å². The van der Waals surface area contributed by atoms with Crippen molar-refractivity contribution in [3.63, 3.8) is 0 Å². The first-order valence-corrected chi connectivity index (χ1v) is 4.41. The summed E-state index contributed by atoms with van der Waals surface area (Å²) in [5.74, 6) is 0. The standard InChI is InChI=1S/C12H10O2/c1-9-7-14-8-11(12(9)13)10-5-3-2-4-6-10/h2-8H,1H3. The van der Waals surface area contributed by atoms with Gasteiger partial charge in [-0.2, -0.15) is 0 Å². The van der Waals surface area contributed by atoms with E-state index in [1.54, 1.807) is 6.92 Å². The van der Waals surface area contributed by atoms with Crippen LogP contribution >= 0.6 is 0 Å². The molecule has 2 rings (SSSR count). The Hall–Kier alpha value is -1.83. The lowest BCUT2D eigenvalue weighted by atomic mass is 10.1. The molecule has 2 aromatic rings. The molecule has 0 saturated heterocycles. The SMILES string of the molecule is Cc1cocc(-c2ccccc2)c1=O. The van der Waals surface area contributed by atoms with Crippen LogP contribution in [0.1, 0.15) is 5.56 Å². The second-order valence-corrected chi connectivity index (χ2v) is 3.16. The van der Waals surface area contributed by atoms with E-state index in [1.807, 2.05) is 30.3 Å². The van der Waals surface area contributed by atoms with Gasteiger partial charge >= 0.3 is 0 Å². The minimum Gasteiger partial charge on any atom is -0.471 e. The third-order valence-electron chi connectivity index (χ3n) is 2.12. The first-order valence-electron chi connectivity index (χ1n) is 4.41. The van der Waals surface area contributed by atoms with Gasteiger partial charge in [-0.3, -0.25) is 4.79 Å². The van der Waals surface area contributed by atoms with Crippen molar-refractivity contribution in [2.24, 2.45) is 0 Å². The second-order valence-electron chi connectivity index (χ2n) is 3.16. The Kier molecular flexibility index (Phi) is 2.19. The van der Waals surface area contributed by atoms with Gasteiger partial charge in [0.1, 0.15) is 6.26 Å². The topological polar surface area (TPSA) is 30.2 Å². The van der Waals surface area contributed by atoms with Crippen LogP contribution in [0.15, 0.2) is 52.1 Å². The molecule has 0 fully saturated rings. The van der Waals surface area contributed by atoms with Gasteiger partial charge < -0.3 is 4.42 Å². The summed E-state index contributed by atoms with van der Waals surface area (Å²) in [5, 5.41) is 0. The zero-order chi connectivity index (χ0) is 9.97. The van der Waals surface area contributed by atoms with E-state index < -0.39 is 0 Å². The van der Waals surface area contributed by atoms with Gasteiger partial charge in [0, 0.05) is 5.56 Å². The molecule has 1 aromatic heterocycles. The van der Waals surface area contributed by atoms with Crippen molar-refractivity contribution in [3.05, 3.63) is 58.6 Å². The Morgan fingerprint density at radius 3 is 2.50 bits per heavy atom. The molecule has 70 valence electrons. The summed E-state index contributed by atoms with van der Waals surface area (Å²) in [7, 11) is 0. The van der Waals surface area contributed by atoms with Crippen LogP contribution in [-0.4, -0.2) is 0 Å². The fourth-order valence-electron chi connectivity index (χ4n) is 1.34. The smallest absolute Gasteiger partial charge is 0.195 e. The minimum absolute atomic E-state index is 0.0300. The van der Waals surface area contributed by atoms with E-state index >= 15 is 0 Å². The van der Waals surface area contributed by atoms with E-state index in [2.05, 4.69) is 0 Å². The third kappa shape index (κ3) is 1.46. The van der Waals surface area contributed by atoms with Crippen molar-refractivity contribution < 1.29 is 4.42 Å². The summed E-state index contributed by atoms with van der Waals surface area (Å²) >= 11 is 0. The molecule has 2 nitrogen and oxygen atoms in total. The maximum absolute atomic E-state index is 11.7. The molecular weight excluding hydrogens is 176 g/mol. The Morgan fingerprint density at radius 1 is 1.07 bits per heavy atom. The molecule has 1 heterocycles. The van der Waals surface area contributed by atoms with Gasteiger partial charge in [0.25, 0.3) is 0 Å². The number of aryl methyl sites for hydroxylation is 1. The molecule has 0 spiro atoms. The van der Waals surface area contributed by atoms with Gasteiger partial charge in [-0.1, -0.05) is 30.3 Å². The van der Waals surface area contributed by atoms with Crippen LogP contribution in [0.2, 0.25) is 0 Å². The van der Waals surface area contributed by atoms with Gasteiger partial charge in [-0.05, 0) is 12.5 Å². The summed E-state index contributed by atoms with van der Waals surface area (Å²) in [5.41, 5.74) is 2.17. The highest BCUT2D eigenvalue weighted by Crippen LogP contribution is 2.14. The molecule has 0 N–H and O–H groups in total. The zero-order valence-corrected chi connectivity index (χ0v) is 7.86. The number of benzene rings is 1. The average Bonchev–Trinajstić information content (AvgIpc) is 2.23. The van der Waals surface area contributed by atoms with Crippen LogP contribution in [0, 0.1) is 6.92 Å².